The fourth-order valence-electron chi connectivity index (χ4n) is 3.73. The first kappa shape index (κ1) is 17.3. The van der Waals surface area contributed by atoms with E-state index in [1.54, 1.807) is 6.07 Å². The van der Waals surface area contributed by atoms with Gasteiger partial charge in [-0.05, 0) is 55.8 Å². The number of aromatic amines is 1. The van der Waals surface area contributed by atoms with Gasteiger partial charge in [-0.25, -0.2) is 9.97 Å². The van der Waals surface area contributed by atoms with Crippen LogP contribution in [0.15, 0.2) is 54.7 Å². The standard InChI is InChI=1S/C23H19N5O/c1-14-6-9-21(25-12-14)28-15(2)13-29-22-17(4-3-5-20(22)28)23-26-18-8-7-16(11-24)10-19(18)27-23/h3-10,12,15H,13H2,1-2H3,(H,26,27)/t15-/m0/s1. The smallest absolute Gasteiger partial charge is 0.154 e. The van der Waals surface area contributed by atoms with Crippen molar-refractivity contribution in [1.82, 2.24) is 15.0 Å². The van der Waals surface area contributed by atoms with Crippen molar-refractivity contribution in [2.24, 2.45) is 0 Å². The molecule has 0 bridgehead atoms. The number of ether oxygens (including phenoxy) is 1. The molecule has 5 rings (SSSR count). The lowest BCUT2D eigenvalue weighted by molar-refractivity contribution is 0.279. The average molecular weight is 381 g/mol. The molecule has 1 aliphatic rings. The number of pyridine rings is 1. The fourth-order valence-corrected chi connectivity index (χ4v) is 3.73. The first-order chi connectivity index (χ1) is 14.1. The third-order valence-electron chi connectivity index (χ3n) is 5.17. The van der Waals surface area contributed by atoms with Gasteiger partial charge in [-0.3, -0.25) is 0 Å². The van der Waals surface area contributed by atoms with E-state index >= 15 is 0 Å². The highest BCUT2D eigenvalue weighted by atomic mass is 16.5. The second-order valence-corrected chi connectivity index (χ2v) is 7.31. The van der Waals surface area contributed by atoms with E-state index < -0.39 is 0 Å². The second-order valence-electron chi connectivity index (χ2n) is 7.31. The molecule has 1 aliphatic heterocycles. The Bertz CT molecular complexity index is 1250. The molecule has 3 heterocycles. The average Bonchev–Trinajstić information content (AvgIpc) is 3.17. The van der Waals surface area contributed by atoms with E-state index in [9.17, 15) is 0 Å². The molecule has 0 aliphatic carbocycles. The lowest BCUT2D eigenvalue weighted by atomic mass is 10.1. The van der Waals surface area contributed by atoms with Gasteiger partial charge >= 0.3 is 0 Å². The largest absolute Gasteiger partial charge is 0.488 e. The van der Waals surface area contributed by atoms with E-state index in [1.807, 2.05) is 49.5 Å². The second kappa shape index (κ2) is 6.64. The molecule has 0 saturated heterocycles. The summed E-state index contributed by atoms with van der Waals surface area (Å²) in [6.45, 7) is 4.71. The molecular weight excluding hydrogens is 362 g/mol. The number of hydrogen-bond donors (Lipinski definition) is 1. The lowest BCUT2D eigenvalue weighted by Crippen LogP contribution is -2.38. The van der Waals surface area contributed by atoms with Crippen LogP contribution in [-0.4, -0.2) is 27.6 Å². The summed E-state index contributed by atoms with van der Waals surface area (Å²) in [4.78, 5) is 14.9. The Hall–Kier alpha value is -3.85. The van der Waals surface area contributed by atoms with Crippen molar-refractivity contribution in [2.45, 2.75) is 19.9 Å². The first-order valence-corrected chi connectivity index (χ1v) is 9.52. The van der Waals surface area contributed by atoms with Crippen LogP contribution in [-0.2, 0) is 0 Å². The minimum absolute atomic E-state index is 0.154. The maximum atomic E-state index is 9.14. The molecular formula is C23H19N5O. The zero-order chi connectivity index (χ0) is 20.0. The zero-order valence-electron chi connectivity index (χ0n) is 16.2. The molecule has 2 aromatic heterocycles. The third-order valence-corrected chi connectivity index (χ3v) is 5.17. The van der Waals surface area contributed by atoms with Crippen LogP contribution in [0.1, 0.15) is 18.1 Å². The van der Waals surface area contributed by atoms with Crippen LogP contribution >= 0.6 is 0 Å². The molecule has 1 atom stereocenters. The minimum atomic E-state index is 0.154. The molecule has 29 heavy (non-hydrogen) atoms. The molecule has 2 aromatic carbocycles. The fraction of sp³-hybridized carbons (Fsp3) is 0.174. The van der Waals surface area contributed by atoms with Crippen molar-refractivity contribution in [3.05, 3.63) is 65.9 Å². The Morgan fingerprint density at radius 2 is 2.10 bits per heavy atom. The van der Waals surface area contributed by atoms with Gasteiger partial charge < -0.3 is 14.6 Å². The molecule has 0 saturated carbocycles. The van der Waals surface area contributed by atoms with Gasteiger partial charge in [0.25, 0.3) is 0 Å². The quantitative estimate of drug-likeness (QED) is 0.543. The Labute approximate surface area is 168 Å². The van der Waals surface area contributed by atoms with Crippen LogP contribution in [0.2, 0.25) is 0 Å². The summed E-state index contributed by atoms with van der Waals surface area (Å²) >= 11 is 0. The number of hydrogen-bond acceptors (Lipinski definition) is 5. The van der Waals surface area contributed by atoms with Crippen molar-refractivity contribution in [1.29, 1.82) is 5.26 Å². The molecule has 0 unspecified atom stereocenters. The third kappa shape index (κ3) is 2.88. The van der Waals surface area contributed by atoms with Gasteiger partial charge in [0.05, 0.1) is 40.0 Å². The van der Waals surface area contributed by atoms with Crippen LogP contribution in [0, 0.1) is 18.3 Å². The zero-order valence-corrected chi connectivity index (χ0v) is 16.2. The number of benzene rings is 2. The number of nitrogens with zero attached hydrogens (tertiary/aromatic N) is 4. The van der Waals surface area contributed by atoms with Gasteiger partial charge in [-0.1, -0.05) is 12.1 Å². The van der Waals surface area contributed by atoms with Crippen molar-refractivity contribution < 1.29 is 4.74 Å². The van der Waals surface area contributed by atoms with Gasteiger partial charge in [0.1, 0.15) is 18.2 Å². The van der Waals surface area contributed by atoms with Crippen molar-refractivity contribution in [3.8, 4) is 23.2 Å². The highest BCUT2D eigenvalue weighted by Crippen LogP contribution is 2.44. The van der Waals surface area contributed by atoms with E-state index in [2.05, 4.69) is 33.9 Å². The van der Waals surface area contributed by atoms with Gasteiger partial charge in [0.2, 0.25) is 0 Å². The van der Waals surface area contributed by atoms with E-state index in [4.69, 9.17) is 15.0 Å². The van der Waals surface area contributed by atoms with E-state index in [-0.39, 0.29) is 6.04 Å². The number of fused-ring (bicyclic) bond motifs is 2. The van der Waals surface area contributed by atoms with E-state index in [1.165, 1.54) is 0 Å². The Kier molecular flexibility index (Phi) is 3.95. The normalized spacial score (nSPS) is 15.6. The van der Waals surface area contributed by atoms with Crippen molar-refractivity contribution in [3.63, 3.8) is 0 Å². The predicted octanol–water partition coefficient (Wildman–Crippen LogP) is 4.72. The maximum Gasteiger partial charge on any atom is 0.154 e. The number of nitrogens with one attached hydrogen (secondary N) is 1. The number of imidazole rings is 1. The van der Waals surface area contributed by atoms with Gasteiger partial charge in [-0.15, -0.1) is 0 Å². The van der Waals surface area contributed by atoms with Crippen LogP contribution in [0.5, 0.6) is 5.75 Å². The van der Waals surface area contributed by atoms with Crippen LogP contribution < -0.4 is 9.64 Å². The number of para-hydroxylation sites is 1. The summed E-state index contributed by atoms with van der Waals surface area (Å²) in [6, 6.07) is 17.9. The summed E-state index contributed by atoms with van der Waals surface area (Å²) in [6.07, 6.45) is 1.88. The monoisotopic (exact) mass is 381 g/mol. The number of nitriles is 1. The number of H-pyrrole nitrogens is 1. The molecule has 0 amide bonds. The van der Waals surface area contributed by atoms with Crippen molar-refractivity contribution in [2.75, 3.05) is 11.5 Å². The molecule has 0 spiro atoms. The molecule has 4 aromatic rings. The number of anilines is 2. The molecule has 0 radical (unpaired) electrons. The SMILES string of the molecule is Cc1ccc(N2c3cccc(-c4nc5ccc(C#N)cc5[nH]4)c3OC[C@@H]2C)nc1. The topological polar surface area (TPSA) is 77.8 Å². The Morgan fingerprint density at radius 1 is 1.21 bits per heavy atom. The maximum absolute atomic E-state index is 9.14. The van der Waals surface area contributed by atoms with Gasteiger partial charge in [-0.2, -0.15) is 5.26 Å². The van der Waals surface area contributed by atoms with E-state index in [0.29, 0.717) is 12.2 Å². The molecule has 142 valence electrons. The van der Waals surface area contributed by atoms with Crippen molar-refractivity contribution >= 4 is 22.5 Å². The summed E-state index contributed by atoms with van der Waals surface area (Å²) in [7, 11) is 0. The number of aromatic nitrogens is 3. The summed E-state index contributed by atoms with van der Waals surface area (Å²) < 4.78 is 6.16. The molecule has 6 nitrogen and oxygen atoms in total. The van der Waals surface area contributed by atoms with Gasteiger partial charge in [0.15, 0.2) is 5.75 Å². The molecule has 6 heteroatoms. The van der Waals surface area contributed by atoms with Crippen LogP contribution in [0.25, 0.3) is 22.4 Å². The molecule has 1 N–H and O–H groups in total. The first-order valence-electron chi connectivity index (χ1n) is 9.52. The highest BCUT2D eigenvalue weighted by Gasteiger charge is 2.29. The lowest BCUT2D eigenvalue weighted by Gasteiger charge is -2.36. The summed E-state index contributed by atoms with van der Waals surface area (Å²) in [5.41, 5.74) is 5.24. The molecule has 0 fully saturated rings. The van der Waals surface area contributed by atoms with Gasteiger partial charge in [0, 0.05) is 6.20 Å². The minimum Gasteiger partial charge on any atom is -0.488 e. The highest BCUT2D eigenvalue weighted by molar-refractivity contribution is 5.85. The number of rotatable bonds is 2. The summed E-state index contributed by atoms with van der Waals surface area (Å²) in [5, 5.41) is 9.14. The Morgan fingerprint density at radius 3 is 2.90 bits per heavy atom. The predicted molar refractivity (Wildman–Crippen MR) is 112 cm³/mol. The van der Waals surface area contributed by atoms with Crippen LogP contribution in [0.3, 0.4) is 0 Å². The van der Waals surface area contributed by atoms with E-state index in [0.717, 1.165) is 45.2 Å². The van der Waals surface area contributed by atoms with Crippen LogP contribution in [0.4, 0.5) is 11.5 Å². The Balaban J connectivity index is 1.64. The summed E-state index contributed by atoms with van der Waals surface area (Å²) in [5.74, 6) is 2.40. The number of aryl methyl sites for hydroxylation is 1.